The first kappa shape index (κ1) is 14.5. The molecule has 0 amide bonds. The smallest absolute Gasteiger partial charge is 0.313 e. The number of aryl methyl sites for hydroxylation is 3. The molecule has 0 atom stereocenters. The Labute approximate surface area is 120 Å². The van der Waals surface area contributed by atoms with Crippen LogP contribution in [0.25, 0.3) is 0 Å². The van der Waals surface area contributed by atoms with Crippen LogP contribution >= 0.6 is 11.8 Å². The number of carboxylic acids is 1. The molecule has 0 bridgehead atoms. The minimum absolute atomic E-state index is 0.0220. The van der Waals surface area contributed by atoms with Gasteiger partial charge in [-0.05, 0) is 0 Å². The van der Waals surface area contributed by atoms with Gasteiger partial charge in [-0.3, -0.25) is 4.79 Å². The summed E-state index contributed by atoms with van der Waals surface area (Å²) >= 11 is 1.18. The summed E-state index contributed by atoms with van der Waals surface area (Å²) in [6.45, 7) is 2.65. The van der Waals surface area contributed by atoms with E-state index in [4.69, 9.17) is 5.11 Å². The fraction of sp³-hybridized carbons (Fsp3) is 0.545. The summed E-state index contributed by atoms with van der Waals surface area (Å²) < 4.78 is 3.81. The molecule has 0 aromatic carbocycles. The van der Waals surface area contributed by atoms with Crippen LogP contribution in [-0.2, 0) is 31.2 Å². The van der Waals surface area contributed by atoms with Crippen LogP contribution in [0.3, 0.4) is 0 Å². The van der Waals surface area contributed by atoms with Gasteiger partial charge in [-0.25, -0.2) is 0 Å². The molecule has 8 nitrogen and oxygen atoms in total. The molecule has 9 heteroatoms. The van der Waals surface area contributed by atoms with E-state index in [9.17, 15) is 4.79 Å². The van der Waals surface area contributed by atoms with E-state index in [-0.39, 0.29) is 5.75 Å². The lowest BCUT2D eigenvalue weighted by molar-refractivity contribution is -0.133. The number of hydrogen-bond donors (Lipinski definition) is 1. The lowest BCUT2D eigenvalue weighted by Crippen LogP contribution is -2.10. The van der Waals surface area contributed by atoms with Crippen molar-refractivity contribution in [2.75, 3.05) is 5.75 Å². The fourth-order valence-corrected chi connectivity index (χ4v) is 2.49. The van der Waals surface area contributed by atoms with Gasteiger partial charge in [-0.15, -0.1) is 20.4 Å². The van der Waals surface area contributed by atoms with Crippen molar-refractivity contribution in [3.05, 3.63) is 18.0 Å². The molecule has 108 valence electrons. The van der Waals surface area contributed by atoms with Crippen LogP contribution in [0.1, 0.15) is 18.6 Å². The van der Waals surface area contributed by atoms with Gasteiger partial charge in [0, 0.05) is 26.4 Å². The largest absolute Gasteiger partial charge is 0.481 e. The molecule has 0 saturated heterocycles. The highest BCUT2D eigenvalue weighted by atomic mass is 32.2. The van der Waals surface area contributed by atoms with Gasteiger partial charge in [0.05, 0.1) is 5.75 Å². The minimum atomic E-state index is -0.865. The minimum Gasteiger partial charge on any atom is -0.481 e. The first-order chi connectivity index (χ1) is 9.61. The molecule has 0 radical (unpaired) electrons. The van der Waals surface area contributed by atoms with E-state index < -0.39 is 5.97 Å². The Balaban J connectivity index is 2.10. The Morgan fingerprint density at radius 3 is 2.75 bits per heavy atom. The topological polar surface area (TPSA) is 98.7 Å². The van der Waals surface area contributed by atoms with E-state index in [1.54, 1.807) is 6.33 Å². The first-order valence-corrected chi connectivity index (χ1v) is 7.20. The van der Waals surface area contributed by atoms with Gasteiger partial charge in [0.1, 0.15) is 18.0 Å². The van der Waals surface area contributed by atoms with Gasteiger partial charge in [0.2, 0.25) is 0 Å². The van der Waals surface area contributed by atoms with Crippen LogP contribution in [-0.4, -0.2) is 46.4 Å². The van der Waals surface area contributed by atoms with Crippen LogP contribution in [0.2, 0.25) is 0 Å². The lowest BCUT2D eigenvalue weighted by Gasteiger charge is -2.08. The van der Waals surface area contributed by atoms with Gasteiger partial charge in [0.15, 0.2) is 5.16 Å². The second-order valence-electron chi connectivity index (χ2n) is 4.19. The molecule has 0 aliphatic carbocycles. The SMILES string of the molecule is CCc1nnc(SCC(=O)O)n1CCc1nncn1C. The number of carbonyl (C=O) groups is 1. The lowest BCUT2D eigenvalue weighted by atomic mass is 10.3. The van der Waals surface area contributed by atoms with Crippen LogP contribution < -0.4 is 0 Å². The summed E-state index contributed by atoms with van der Waals surface area (Å²) in [6.07, 6.45) is 3.10. The van der Waals surface area contributed by atoms with Crippen molar-refractivity contribution >= 4 is 17.7 Å². The highest BCUT2D eigenvalue weighted by Gasteiger charge is 2.13. The number of aromatic nitrogens is 6. The van der Waals surface area contributed by atoms with E-state index in [1.807, 2.05) is 23.1 Å². The van der Waals surface area contributed by atoms with Crippen molar-refractivity contribution in [2.24, 2.45) is 7.05 Å². The van der Waals surface area contributed by atoms with E-state index >= 15 is 0 Å². The van der Waals surface area contributed by atoms with Crippen LogP contribution in [0.4, 0.5) is 0 Å². The summed E-state index contributed by atoms with van der Waals surface area (Å²) in [7, 11) is 1.89. The Bertz CT molecular complexity index is 594. The third-order valence-electron chi connectivity index (χ3n) is 2.80. The molecule has 0 saturated carbocycles. The molecule has 0 aliphatic heterocycles. The quantitative estimate of drug-likeness (QED) is 0.738. The molecule has 2 aromatic rings. The van der Waals surface area contributed by atoms with Crippen LogP contribution in [0.5, 0.6) is 0 Å². The van der Waals surface area contributed by atoms with Crippen molar-refractivity contribution in [3.8, 4) is 0 Å². The first-order valence-electron chi connectivity index (χ1n) is 6.21. The summed E-state index contributed by atoms with van der Waals surface area (Å²) in [5.74, 6) is 0.831. The zero-order chi connectivity index (χ0) is 14.5. The summed E-state index contributed by atoms with van der Waals surface area (Å²) in [5.41, 5.74) is 0. The van der Waals surface area contributed by atoms with Gasteiger partial charge in [-0.1, -0.05) is 18.7 Å². The monoisotopic (exact) mass is 296 g/mol. The number of nitrogens with zero attached hydrogens (tertiary/aromatic N) is 6. The van der Waals surface area contributed by atoms with Crippen LogP contribution in [0.15, 0.2) is 11.5 Å². The van der Waals surface area contributed by atoms with Crippen molar-refractivity contribution in [3.63, 3.8) is 0 Å². The standard InChI is InChI=1S/C11H16N6O2S/c1-3-8-14-15-11(20-6-10(18)19)17(8)5-4-9-13-12-7-16(9)2/h7H,3-6H2,1-2H3,(H,18,19). The molecule has 0 fully saturated rings. The van der Waals surface area contributed by atoms with Crippen molar-refractivity contribution in [1.29, 1.82) is 0 Å². The molecule has 2 rings (SSSR count). The third kappa shape index (κ3) is 3.35. The predicted octanol–water partition coefficient (Wildman–Crippen LogP) is 0.388. The highest BCUT2D eigenvalue weighted by Crippen LogP contribution is 2.17. The average molecular weight is 296 g/mol. The summed E-state index contributed by atoms with van der Waals surface area (Å²) in [6, 6.07) is 0. The second kappa shape index (κ2) is 6.51. The zero-order valence-corrected chi connectivity index (χ0v) is 12.2. The van der Waals surface area contributed by atoms with E-state index in [0.717, 1.165) is 18.1 Å². The van der Waals surface area contributed by atoms with E-state index in [2.05, 4.69) is 20.4 Å². The van der Waals surface area contributed by atoms with Gasteiger partial charge in [0.25, 0.3) is 0 Å². The molecule has 0 unspecified atom stereocenters. The Kier molecular flexibility index (Phi) is 4.72. The fourth-order valence-electron chi connectivity index (χ4n) is 1.78. The van der Waals surface area contributed by atoms with Crippen molar-refractivity contribution < 1.29 is 9.90 Å². The average Bonchev–Trinajstić information content (AvgIpc) is 2.99. The normalized spacial score (nSPS) is 10.9. The van der Waals surface area contributed by atoms with Crippen molar-refractivity contribution in [1.82, 2.24) is 29.5 Å². The maximum absolute atomic E-state index is 10.6. The molecule has 1 N–H and O–H groups in total. The second-order valence-corrected chi connectivity index (χ2v) is 5.14. The third-order valence-corrected chi connectivity index (χ3v) is 3.75. The molecule has 20 heavy (non-hydrogen) atoms. The maximum Gasteiger partial charge on any atom is 0.313 e. The summed E-state index contributed by atoms with van der Waals surface area (Å²) in [4.78, 5) is 10.6. The number of hydrogen-bond acceptors (Lipinski definition) is 6. The number of thioether (sulfide) groups is 1. The predicted molar refractivity (Wildman–Crippen MR) is 72.5 cm³/mol. The molecular weight excluding hydrogens is 280 g/mol. The zero-order valence-electron chi connectivity index (χ0n) is 11.4. The Morgan fingerprint density at radius 1 is 1.35 bits per heavy atom. The Hall–Kier alpha value is -1.90. The maximum atomic E-state index is 10.6. The van der Waals surface area contributed by atoms with Crippen LogP contribution in [0, 0.1) is 0 Å². The van der Waals surface area contributed by atoms with Crippen molar-refractivity contribution in [2.45, 2.75) is 31.5 Å². The van der Waals surface area contributed by atoms with Gasteiger partial charge in [-0.2, -0.15) is 0 Å². The number of carboxylic acid groups (broad SMARTS) is 1. The summed E-state index contributed by atoms with van der Waals surface area (Å²) in [5, 5.41) is 25.4. The molecule has 0 aliphatic rings. The number of rotatable bonds is 7. The van der Waals surface area contributed by atoms with E-state index in [0.29, 0.717) is 18.1 Å². The molecule has 0 spiro atoms. The molecule has 2 aromatic heterocycles. The molecular formula is C11H16N6O2S. The number of aliphatic carboxylic acids is 1. The van der Waals surface area contributed by atoms with E-state index in [1.165, 1.54) is 11.8 Å². The van der Waals surface area contributed by atoms with Gasteiger partial charge >= 0.3 is 5.97 Å². The Morgan fingerprint density at radius 2 is 2.15 bits per heavy atom. The molecule has 2 heterocycles. The van der Waals surface area contributed by atoms with Gasteiger partial charge < -0.3 is 14.2 Å². The highest BCUT2D eigenvalue weighted by molar-refractivity contribution is 7.99.